The van der Waals surface area contributed by atoms with E-state index in [1.807, 2.05) is 0 Å². The predicted octanol–water partition coefficient (Wildman–Crippen LogP) is 2.48. The highest BCUT2D eigenvalue weighted by atomic mass is 19.4. The summed E-state index contributed by atoms with van der Waals surface area (Å²) < 4.78 is 42.0. The summed E-state index contributed by atoms with van der Waals surface area (Å²) in [5.41, 5.74) is -0.590. The van der Waals surface area contributed by atoms with Crippen molar-refractivity contribution in [3.63, 3.8) is 0 Å². The molecule has 1 N–H and O–H groups in total. The summed E-state index contributed by atoms with van der Waals surface area (Å²) in [6.45, 7) is 1.88. The third kappa shape index (κ3) is 3.01. The number of phenolic OH excluding ortho intramolecular Hbond substituents is 1. The summed E-state index contributed by atoms with van der Waals surface area (Å²) in [6, 6.07) is 2.83. The molecule has 1 aromatic rings. The van der Waals surface area contributed by atoms with Gasteiger partial charge in [0.1, 0.15) is 5.75 Å². The van der Waals surface area contributed by atoms with Gasteiger partial charge in [-0.2, -0.15) is 13.2 Å². The molecule has 0 unspecified atom stereocenters. The molecule has 0 aromatic heterocycles. The molecule has 1 fully saturated rings. The van der Waals surface area contributed by atoms with E-state index in [2.05, 4.69) is 4.99 Å². The zero-order valence-corrected chi connectivity index (χ0v) is 9.44. The zero-order valence-electron chi connectivity index (χ0n) is 9.44. The quantitative estimate of drug-likeness (QED) is 0.847. The first-order valence-electron chi connectivity index (χ1n) is 5.44. The van der Waals surface area contributed by atoms with Crippen LogP contribution in [-0.4, -0.2) is 31.1 Å². The second kappa shape index (κ2) is 4.97. The van der Waals surface area contributed by atoms with E-state index in [0.717, 1.165) is 6.07 Å². The smallest absolute Gasteiger partial charge is 0.416 e. The summed E-state index contributed by atoms with van der Waals surface area (Å²) in [7, 11) is 0. The maximum absolute atomic E-state index is 12.4. The Morgan fingerprint density at radius 3 is 2.61 bits per heavy atom. The van der Waals surface area contributed by atoms with E-state index in [1.54, 1.807) is 0 Å². The number of hydrogen-bond donors (Lipinski definition) is 1. The van der Waals surface area contributed by atoms with Gasteiger partial charge < -0.3 is 9.84 Å². The standard InChI is InChI=1S/C12H12F3NO2/c13-12(14,15)10-2-1-9(11(17)3-10)5-16-4-8-6-18-7-8/h1-3,5,8,17H,4,6-7H2. The van der Waals surface area contributed by atoms with Crippen molar-refractivity contribution in [3.8, 4) is 5.75 Å². The first-order valence-corrected chi connectivity index (χ1v) is 5.44. The van der Waals surface area contributed by atoms with Crippen LogP contribution in [0.4, 0.5) is 13.2 Å². The van der Waals surface area contributed by atoms with Crippen LogP contribution in [0.3, 0.4) is 0 Å². The molecule has 3 nitrogen and oxygen atoms in total. The fourth-order valence-electron chi connectivity index (χ4n) is 1.52. The number of rotatable bonds is 3. The van der Waals surface area contributed by atoms with Crippen LogP contribution in [-0.2, 0) is 10.9 Å². The van der Waals surface area contributed by atoms with Gasteiger partial charge >= 0.3 is 6.18 Å². The Balaban J connectivity index is 2.04. The number of phenols is 1. The molecule has 0 atom stereocenters. The van der Waals surface area contributed by atoms with Crippen molar-refractivity contribution in [2.24, 2.45) is 10.9 Å². The van der Waals surface area contributed by atoms with Gasteiger partial charge in [0.2, 0.25) is 0 Å². The number of halogens is 3. The van der Waals surface area contributed by atoms with Gasteiger partial charge in [0.15, 0.2) is 0 Å². The van der Waals surface area contributed by atoms with E-state index in [4.69, 9.17) is 4.74 Å². The van der Waals surface area contributed by atoms with Gasteiger partial charge in [-0.25, -0.2) is 0 Å². The summed E-state index contributed by atoms with van der Waals surface area (Å²) in [5.74, 6) is -0.0451. The lowest BCUT2D eigenvalue weighted by Gasteiger charge is -2.23. The summed E-state index contributed by atoms with van der Waals surface area (Å²) in [6.07, 6.45) is -3.07. The Hall–Kier alpha value is -1.56. The van der Waals surface area contributed by atoms with Gasteiger partial charge in [0, 0.05) is 24.2 Å². The highest BCUT2D eigenvalue weighted by Crippen LogP contribution is 2.32. The molecule has 1 aliphatic heterocycles. The van der Waals surface area contributed by atoms with Gasteiger partial charge in [-0.3, -0.25) is 4.99 Å². The average molecular weight is 259 g/mol. The molecule has 0 bridgehead atoms. The fraction of sp³-hybridized carbons (Fsp3) is 0.417. The van der Waals surface area contributed by atoms with Gasteiger partial charge in [0.25, 0.3) is 0 Å². The number of alkyl halides is 3. The maximum Gasteiger partial charge on any atom is 0.416 e. The Labute approximate surface area is 102 Å². The van der Waals surface area contributed by atoms with Crippen molar-refractivity contribution in [2.45, 2.75) is 6.18 Å². The molecule has 0 aliphatic carbocycles. The summed E-state index contributed by atoms with van der Waals surface area (Å²) >= 11 is 0. The average Bonchev–Trinajstić information content (AvgIpc) is 2.22. The zero-order chi connectivity index (χ0) is 13.2. The Morgan fingerprint density at radius 2 is 2.11 bits per heavy atom. The van der Waals surface area contributed by atoms with Crippen molar-refractivity contribution in [1.29, 1.82) is 0 Å². The van der Waals surface area contributed by atoms with E-state index in [-0.39, 0.29) is 5.56 Å². The van der Waals surface area contributed by atoms with Crippen molar-refractivity contribution < 1.29 is 23.0 Å². The molecule has 98 valence electrons. The first kappa shape index (κ1) is 12.9. The number of aliphatic imine (C=N–C) groups is 1. The molecule has 1 aromatic carbocycles. The highest BCUT2D eigenvalue weighted by molar-refractivity contribution is 5.83. The molecule has 18 heavy (non-hydrogen) atoms. The number of benzene rings is 1. The Morgan fingerprint density at radius 1 is 1.39 bits per heavy atom. The molecular weight excluding hydrogens is 247 g/mol. The van der Waals surface area contributed by atoms with E-state index < -0.39 is 17.5 Å². The molecule has 0 radical (unpaired) electrons. The fourth-order valence-corrected chi connectivity index (χ4v) is 1.52. The van der Waals surface area contributed by atoms with Gasteiger partial charge in [-0.15, -0.1) is 0 Å². The lowest BCUT2D eigenvalue weighted by Crippen LogP contribution is -2.29. The van der Waals surface area contributed by atoms with E-state index in [9.17, 15) is 18.3 Å². The molecule has 2 rings (SSSR count). The number of nitrogens with zero attached hydrogens (tertiary/aromatic N) is 1. The molecule has 1 heterocycles. The third-order valence-electron chi connectivity index (χ3n) is 2.66. The SMILES string of the molecule is Oc1cc(C(F)(F)F)ccc1C=NCC1COC1. The molecule has 1 aliphatic rings. The van der Waals surface area contributed by atoms with E-state index in [0.29, 0.717) is 31.7 Å². The van der Waals surface area contributed by atoms with Crippen LogP contribution >= 0.6 is 0 Å². The van der Waals surface area contributed by atoms with Crippen molar-refractivity contribution in [1.82, 2.24) is 0 Å². The van der Waals surface area contributed by atoms with Crippen LogP contribution < -0.4 is 0 Å². The molecule has 6 heteroatoms. The predicted molar refractivity (Wildman–Crippen MR) is 59.9 cm³/mol. The Kier molecular flexibility index (Phi) is 3.56. The van der Waals surface area contributed by atoms with Crippen LogP contribution in [0.15, 0.2) is 23.2 Å². The number of aromatic hydroxyl groups is 1. The largest absolute Gasteiger partial charge is 0.507 e. The van der Waals surface area contributed by atoms with Crippen molar-refractivity contribution in [2.75, 3.05) is 19.8 Å². The minimum absolute atomic E-state index is 0.281. The lowest BCUT2D eigenvalue weighted by atomic mass is 10.1. The van der Waals surface area contributed by atoms with Crippen molar-refractivity contribution >= 4 is 6.21 Å². The van der Waals surface area contributed by atoms with E-state index in [1.165, 1.54) is 12.3 Å². The topological polar surface area (TPSA) is 41.8 Å². The van der Waals surface area contributed by atoms with Crippen LogP contribution in [0.25, 0.3) is 0 Å². The lowest BCUT2D eigenvalue weighted by molar-refractivity contribution is -0.137. The molecule has 1 saturated heterocycles. The number of ether oxygens (including phenoxy) is 1. The van der Waals surface area contributed by atoms with Crippen LogP contribution in [0, 0.1) is 5.92 Å². The number of hydrogen-bond acceptors (Lipinski definition) is 3. The molecule has 0 spiro atoms. The van der Waals surface area contributed by atoms with Gasteiger partial charge in [-0.1, -0.05) is 0 Å². The molecule has 0 amide bonds. The first-order chi connectivity index (χ1) is 8.47. The molecular formula is C12H12F3NO2. The van der Waals surface area contributed by atoms with Crippen LogP contribution in [0.5, 0.6) is 5.75 Å². The highest BCUT2D eigenvalue weighted by Gasteiger charge is 2.30. The Bertz CT molecular complexity index is 453. The third-order valence-corrected chi connectivity index (χ3v) is 2.66. The monoisotopic (exact) mass is 259 g/mol. The minimum atomic E-state index is -4.45. The maximum atomic E-state index is 12.4. The van der Waals surface area contributed by atoms with E-state index >= 15 is 0 Å². The second-order valence-electron chi connectivity index (χ2n) is 4.17. The van der Waals surface area contributed by atoms with Crippen molar-refractivity contribution in [3.05, 3.63) is 29.3 Å². The van der Waals surface area contributed by atoms with Gasteiger partial charge in [-0.05, 0) is 18.2 Å². The normalized spacial score (nSPS) is 17.1. The van der Waals surface area contributed by atoms with Gasteiger partial charge in [0.05, 0.1) is 18.8 Å². The second-order valence-corrected chi connectivity index (χ2v) is 4.17. The minimum Gasteiger partial charge on any atom is -0.507 e. The van der Waals surface area contributed by atoms with Crippen LogP contribution in [0.2, 0.25) is 0 Å². The van der Waals surface area contributed by atoms with Crippen LogP contribution in [0.1, 0.15) is 11.1 Å². The molecule has 0 saturated carbocycles. The summed E-state index contributed by atoms with van der Waals surface area (Å²) in [5, 5.41) is 9.48. The summed E-state index contributed by atoms with van der Waals surface area (Å²) in [4.78, 5) is 4.07.